The van der Waals surface area contributed by atoms with Crippen LogP contribution >= 0.6 is 11.6 Å². The number of aryl methyl sites for hydroxylation is 1. The molecule has 1 amide bonds. The zero-order valence-electron chi connectivity index (χ0n) is 18.6. The van der Waals surface area contributed by atoms with E-state index in [0.29, 0.717) is 22.0 Å². The second kappa shape index (κ2) is 9.96. The molecule has 0 saturated heterocycles. The van der Waals surface area contributed by atoms with Gasteiger partial charge in [0, 0.05) is 34.3 Å². The lowest BCUT2D eigenvalue weighted by atomic mass is 10.0. The number of aromatic amines is 1. The number of rotatable bonds is 8. The largest absolute Gasteiger partial charge is 0.355 e. The van der Waals surface area contributed by atoms with Gasteiger partial charge in [0.2, 0.25) is 11.7 Å². The number of aromatic nitrogens is 3. The standard InChI is InChI=1S/C24H27ClN4O3/c1-5-15(3)26-21(30)13-29-22(31)11-10-19(28-29)16(4)20-12-14(2)23(27-20)24(32)17-6-8-18(25)9-7-17/h6-12,15-16,27H,5,13H2,1-4H3,(H,26,30)/t15-,16?/m1/s1. The highest BCUT2D eigenvalue weighted by Gasteiger charge is 2.20. The third-order valence-corrected chi connectivity index (χ3v) is 5.73. The minimum Gasteiger partial charge on any atom is -0.355 e. The molecule has 2 atom stereocenters. The van der Waals surface area contributed by atoms with Crippen molar-refractivity contribution in [2.24, 2.45) is 0 Å². The Hall–Kier alpha value is -3.19. The molecule has 0 aliphatic rings. The van der Waals surface area contributed by atoms with Crippen LogP contribution in [-0.2, 0) is 11.3 Å². The molecule has 2 aromatic heterocycles. The Kier molecular flexibility index (Phi) is 7.30. The summed E-state index contributed by atoms with van der Waals surface area (Å²) in [5.41, 5.74) is 2.91. The molecule has 1 aromatic carbocycles. The van der Waals surface area contributed by atoms with Crippen molar-refractivity contribution in [3.63, 3.8) is 0 Å². The first-order valence-corrected chi connectivity index (χ1v) is 10.9. The number of carbonyl (C=O) groups is 2. The first kappa shape index (κ1) is 23.5. The fraction of sp³-hybridized carbons (Fsp3) is 0.333. The SMILES string of the molecule is CC[C@@H](C)NC(=O)Cn1nc(C(C)c2cc(C)c(C(=O)c3ccc(Cl)cc3)[nH]2)ccc1=O. The molecule has 8 heteroatoms. The molecule has 0 aliphatic carbocycles. The Labute approximate surface area is 191 Å². The zero-order valence-corrected chi connectivity index (χ0v) is 19.4. The van der Waals surface area contributed by atoms with Gasteiger partial charge in [-0.25, -0.2) is 4.68 Å². The predicted molar refractivity (Wildman–Crippen MR) is 124 cm³/mol. The third kappa shape index (κ3) is 5.34. The van der Waals surface area contributed by atoms with Crippen LogP contribution in [0, 0.1) is 6.92 Å². The molecule has 0 spiro atoms. The van der Waals surface area contributed by atoms with E-state index >= 15 is 0 Å². The Balaban J connectivity index is 1.83. The first-order valence-electron chi connectivity index (χ1n) is 10.6. The van der Waals surface area contributed by atoms with E-state index < -0.39 is 0 Å². The molecule has 7 nitrogen and oxygen atoms in total. The summed E-state index contributed by atoms with van der Waals surface area (Å²) in [6, 6.07) is 11.7. The normalized spacial score (nSPS) is 12.9. The van der Waals surface area contributed by atoms with Gasteiger partial charge in [-0.3, -0.25) is 14.4 Å². The number of H-pyrrole nitrogens is 1. The Morgan fingerprint density at radius 2 is 1.84 bits per heavy atom. The van der Waals surface area contributed by atoms with Crippen molar-refractivity contribution in [2.45, 2.75) is 52.6 Å². The third-order valence-electron chi connectivity index (χ3n) is 5.48. The maximum Gasteiger partial charge on any atom is 0.267 e. The van der Waals surface area contributed by atoms with E-state index in [1.54, 1.807) is 30.3 Å². The fourth-order valence-corrected chi connectivity index (χ4v) is 3.45. The van der Waals surface area contributed by atoms with Crippen LogP contribution in [0.15, 0.2) is 47.3 Å². The van der Waals surface area contributed by atoms with Gasteiger partial charge < -0.3 is 10.3 Å². The number of carbonyl (C=O) groups excluding carboxylic acids is 2. The molecular weight excluding hydrogens is 428 g/mol. The van der Waals surface area contributed by atoms with Crippen LogP contribution in [0.25, 0.3) is 0 Å². The fourth-order valence-electron chi connectivity index (χ4n) is 3.33. The second-order valence-electron chi connectivity index (χ2n) is 7.97. The van der Waals surface area contributed by atoms with Crippen molar-refractivity contribution >= 4 is 23.3 Å². The number of amides is 1. The highest BCUT2D eigenvalue weighted by Crippen LogP contribution is 2.25. The van der Waals surface area contributed by atoms with E-state index in [1.165, 1.54) is 10.7 Å². The predicted octanol–water partition coefficient (Wildman–Crippen LogP) is 3.83. The maximum atomic E-state index is 12.9. The average Bonchev–Trinajstić information content (AvgIpc) is 3.16. The van der Waals surface area contributed by atoms with E-state index in [1.807, 2.05) is 33.8 Å². The van der Waals surface area contributed by atoms with Crippen LogP contribution in [0.1, 0.15) is 66.1 Å². The highest BCUT2D eigenvalue weighted by molar-refractivity contribution is 6.30. The van der Waals surface area contributed by atoms with E-state index in [-0.39, 0.29) is 35.8 Å². The van der Waals surface area contributed by atoms with Crippen LogP contribution in [0.5, 0.6) is 0 Å². The minimum atomic E-state index is -0.346. The molecule has 0 saturated carbocycles. The average molecular weight is 455 g/mol. The smallest absolute Gasteiger partial charge is 0.267 e. The van der Waals surface area contributed by atoms with E-state index in [9.17, 15) is 14.4 Å². The summed E-state index contributed by atoms with van der Waals surface area (Å²) in [6.45, 7) is 7.53. The molecule has 1 unspecified atom stereocenters. The van der Waals surface area contributed by atoms with Gasteiger partial charge in [-0.1, -0.05) is 25.4 Å². The summed E-state index contributed by atoms with van der Waals surface area (Å²) in [5.74, 6) is -0.604. The van der Waals surface area contributed by atoms with Crippen molar-refractivity contribution < 1.29 is 9.59 Å². The van der Waals surface area contributed by atoms with Gasteiger partial charge >= 0.3 is 0 Å². The summed E-state index contributed by atoms with van der Waals surface area (Å²) in [7, 11) is 0. The molecular formula is C24H27ClN4O3. The van der Waals surface area contributed by atoms with Crippen molar-refractivity contribution in [2.75, 3.05) is 0 Å². The lowest BCUT2D eigenvalue weighted by Crippen LogP contribution is -2.38. The molecule has 2 heterocycles. The molecule has 32 heavy (non-hydrogen) atoms. The second-order valence-corrected chi connectivity index (χ2v) is 8.41. The Morgan fingerprint density at radius 1 is 1.16 bits per heavy atom. The monoisotopic (exact) mass is 454 g/mol. The topological polar surface area (TPSA) is 96.8 Å². The van der Waals surface area contributed by atoms with Crippen LogP contribution in [0.3, 0.4) is 0 Å². The van der Waals surface area contributed by atoms with Crippen LogP contribution in [0.4, 0.5) is 0 Å². The minimum absolute atomic E-state index is 0.0267. The number of halogens is 1. The van der Waals surface area contributed by atoms with Crippen molar-refractivity contribution in [1.29, 1.82) is 0 Å². The Morgan fingerprint density at radius 3 is 2.50 bits per heavy atom. The van der Waals surface area contributed by atoms with Crippen molar-refractivity contribution in [3.05, 3.63) is 86.0 Å². The number of ketones is 1. The first-order chi connectivity index (χ1) is 15.2. The summed E-state index contributed by atoms with van der Waals surface area (Å²) in [6.07, 6.45) is 0.800. The van der Waals surface area contributed by atoms with Gasteiger partial charge in [0.1, 0.15) is 6.54 Å². The van der Waals surface area contributed by atoms with Gasteiger partial charge in [0.15, 0.2) is 0 Å². The molecule has 0 radical (unpaired) electrons. The molecule has 2 N–H and O–H groups in total. The number of hydrogen-bond donors (Lipinski definition) is 2. The molecule has 0 bridgehead atoms. The molecule has 0 aliphatic heterocycles. The van der Waals surface area contributed by atoms with Gasteiger partial charge in [-0.2, -0.15) is 5.10 Å². The molecule has 3 rings (SSSR count). The van der Waals surface area contributed by atoms with E-state index in [0.717, 1.165) is 17.7 Å². The molecule has 3 aromatic rings. The van der Waals surface area contributed by atoms with Gasteiger partial charge in [0.25, 0.3) is 5.56 Å². The summed E-state index contributed by atoms with van der Waals surface area (Å²) < 4.78 is 1.17. The Bertz CT molecular complexity index is 1180. The van der Waals surface area contributed by atoms with Crippen LogP contribution < -0.4 is 10.9 Å². The molecule has 0 fully saturated rings. The molecule has 168 valence electrons. The summed E-state index contributed by atoms with van der Waals surface area (Å²) >= 11 is 5.92. The van der Waals surface area contributed by atoms with Crippen molar-refractivity contribution in [1.82, 2.24) is 20.1 Å². The lowest BCUT2D eigenvalue weighted by Gasteiger charge is -2.14. The lowest BCUT2D eigenvalue weighted by molar-refractivity contribution is -0.122. The number of hydrogen-bond acceptors (Lipinski definition) is 4. The highest BCUT2D eigenvalue weighted by atomic mass is 35.5. The van der Waals surface area contributed by atoms with Crippen molar-refractivity contribution in [3.8, 4) is 0 Å². The number of nitrogens with one attached hydrogen (secondary N) is 2. The number of benzene rings is 1. The van der Waals surface area contributed by atoms with Gasteiger partial charge in [-0.05, 0) is 62.2 Å². The summed E-state index contributed by atoms with van der Waals surface area (Å²) in [5, 5.41) is 7.80. The van der Waals surface area contributed by atoms with Crippen LogP contribution in [0.2, 0.25) is 5.02 Å². The van der Waals surface area contributed by atoms with E-state index in [4.69, 9.17) is 11.6 Å². The van der Waals surface area contributed by atoms with Gasteiger partial charge in [-0.15, -0.1) is 0 Å². The zero-order chi connectivity index (χ0) is 23.4. The quantitative estimate of drug-likeness (QED) is 0.505. The van der Waals surface area contributed by atoms with Gasteiger partial charge in [0.05, 0.1) is 11.4 Å². The van der Waals surface area contributed by atoms with E-state index in [2.05, 4.69) is 15.4 Å². The maximum absolute atomic E-state index is 12.9. The van der Waals surface area contributed by atoms with Crippen LogP contribution in [-0.4, -0.2) is 32.5 Å². The summed E-state index contributed by atoms with van der Waals surface area (Å²) in [4.78, 5) is 40.5. The number of nitrogens with zero attached hydrogens (tertiary/aromatic N) is 2.